The number of hydrogen-bond acceptors (Lipinski definition) is 5. The van der Waals surface area contributed by atoms with Gasteiger partial charge in [0.15, 0.2) is 0 Å². The number of amides is 2. The summed E-state index contributed by atoms with van der Waals surface area (Å²) in [5.41, 5.74) is 0.0240. The molecule has 2 aromatic carbocycles. The van der Waals surface area contributed by atoms with Gasteiger partial charge in [0.2, 0.25) is 5.01 Å². The molecule has 1 N–H and O–H groups in total. The van der Waals surface area contributed by atoms with Gasteiger partial charge in [0, 0.05) is 29.7 Å². The third-order valence-electron chi connectivity index (χ3n) is 4.97. The maximum Gasteiger partial charge on any atom is 0.286 e. The Kier molecular flexibility index (Phi) is 6.24. The molecule has 4 rings (SSSR count). The molecule has 3 aromatic rings. The predicted molar refractivity (Wildman–Crippen MR) is 114 cm³/mol. The molecule has 1 fully saturated rings. The van der Waals surface area contributed by atoms with Crippen LogP contribution < -0.4 is 5.32 Å². The van der Waals surface area contributed by atoms with Gasteiger partial charge >= 0.3 is 0 Å². The van der Waals surface area contributed by atoms with Gasteiger partial charge in [-0.05, 0) is 49.2 Å². The highest BCUT2D eigenvalue weighted by Crippen LogP contribution is 2.30. The quantitative estimate of drug-likeness (QED) is 0.607. The predicted octanol–water partition coefficient (Wildman–Crippen LogP) is 4.74. The number of benzene rings is 2. The van der Waals surface area contributed by atoms with E-state index in [1.165, 1.54) is 11.0 Å². The highest BCUT2D eigenvalue weighted by molar-refractivity contribution is 7.13. The lowest BCUT2D eigenvalue weighted by atomic mass is 9.98. The Morgan fingerprint density at radius 3 is 2.52 bits per heavy atom. The summed E-state index contributed by atoms with van der Waals surface area (Å²) in [5.74, 6) is -3.02. The number of halogens is 3. The van der Waals surface area contributed by atoms with Crippen LogP contribution in [0.15, 0.2) is 42.5 Å². The van der Waals surface area contributed by atoms with Crippen molar-refractivity contribution >= 4 is 40.4 Å². The highest BCUT2D eigenvalue weighted by atomic mass is 35.5. The van der Waals surface area contributed by atoms with E-state index in [2.05, 4.69) is 15.5 Å². The van der Waals surface area contributed by atoms with Gasteiger partial charge in [-0.3, -0.25) is 9.59 Å². The zero-order valence-electron chi connectivity index (χ0n) is 16.1. The molecule has 6 nitrogen and oxygen atoms in total. The SMILES string of the molecule is O=C(Nc1ccc(Cl)cc1)c1nnc([C@@H]2CCCN(C(=O)c3c(F)cccc3F)C2)s1. The number of hydrogen-bond donors (Lipinski definition) is 1. The molecule has 0 spiro atoms. The molecule has 31 heavy (non-hydrogen) atoms. The lowest BCUT2D eigenvalue weighted by molar-refractivity contribution is 0.0696. The third-order valence-corrected chi connectivity index (χ3v) is 6.31. The summed E-state index contributed by atoms with van der Waals surface area (Å²) in [7, 11) is 0. The van der Waals surface area contributed by atoms with E-state index < -0.39 is 29.0 Å². The molecular formula is C21H17ClF2N4O2S. The van der Waals surface area contributed by atoms with Crippen LogP contribution in [0.2, 0.25) is 5.02 Å². The van der Waals surface area contributed by atoms with E-state index in [0.717, 1.165) is 29.9 Å². The number of likely N-dealkylation sites (tertiary alicyclic amines) is 1. The fourth-order valence-corrected chi connectivity index (χ4v) is 4.42. The van der Waals surface area contributed by atoms with Gasteiger partial charge in [0.25, 0.3) is 11.8 Å². The second-order valence-electron chi connectivity index (χ2n) is 7.09. The Labute approximate surface area is 185 Å². The average Bonchev–Trinajstić information content (AvgIpc) is 3.26. The lowest BCUT2D eigenvalue weighted by Crippen LogP contribution is -2.39. The lowest BCUT2D eigenvalue weighted by Gasteiger charge is -2.31. The van der Waals surface area contributed by atoms with Gasteiger partial charge in [-0.25, -0.2) is 8.78 Å². The minimum absolute atomic E-state index is 0.165. The Bertz CT molecular complexity index is 1100. The molecule has 1 aliphatic heterocycles. The highest BCUT2D eigenvalue weighted by Gasteiger charge is 2.31. The van der Waals surface area contributed by atoms with Crippen LogP contribution in [0.3, 0.4) is 0 Å². The van der Waals surface area contributed by atoms with Crippen molar-refractivity contribution in [1.82, 2.24) is 15.1 Å². The van der Waals surface area contributed by atoms with E-state index >= 15 is 0 Å². The Morgan fingerprint density at radius 2 is 1.81 bits per heavy atom. The van der Waals surface area contributed by atoms with Crippen LogP contribution in [-0.2, 0) is 0 Å². The second-order valence-corrected chi connectivity index (χ2v) is 8.54. The molecule has 0 radical (unpaired) electrons. The van der Waals surface area contributed by atoms with Crippen molar-refractivity contribution in [2.45, 2.75) is 18.8 Å². The molecule has 2 heterocycles. The molecule has 0 saturated carbocycles. The van der Waals surface area contributed by atoms with Gasteiger partial charge in [-0.2, -0.15) is 0 Å². The summed E-state index contributed by atoms with van der Waals surface area (Å²) < 4.78 is 28.0. The van der Waals surface area contributed by atoms with Crippen LogP contribution in [-0.4, -0.2) is 40.0 Å². The van der Waals surface area contributed by atoms with Crippen molar-refractivity contribution in [1.29, 1.82) is 0 Å². The van der Waals surface area contributed by atoms with Crippen molar-refractivity contribution in [2.24, 2.45) is 0 Å². The number of nitrogens with one attached hydrogen (secondary N) is 1. The first kappa shape index (κ1) is 21.3. The van der Waals surface area contributed by atoms with E-state index in [-0.39, 0.29) is 17.5 Å². The largest absolute Gasteiger partial charge is 0.338 e. The summed E-state index contributed by atoms with van der Waals surface area (Å²) in [6, 6.07) is 10.0. The van der Waals surface area contributed by atoms with Crippen LogP contribution >= 0.6 is 22.9 Å². The Hall–Kier alpha value is -2.91. The number of rotatable bonds is 4. The van der Waals surface area contributed by atoms with Crippen LogP contribution in [0, 0.1) is 11.6 Å². The maximum absolute atomic E-state index is 14.0. The molecule has 1 aliphatic rings. The fraction of sp³-hybridized carbons (Fsp3) is 0.238. The molecule has 10 heteroatoms. The monoisotopic (exact) mass is 462 g/mol. The standard InChI is InChI=1S/C21H17ClF2N4O2S/c22-13-6-8-14(9-7-13)25-18(29)20-27-26-19(31-20)12-3-2-10-28(11-12)21(30)17-15(23)4-1-5-16(17)24/h1,4-9,12H,2-3,10-11H2,(H,25,29)/t12-/m1/s1. The normalized spacial score (nSPS) is 16.2. The summed E-state index contributed by atoms with van der Waals surface area (Å²) in [6.07, 6.45) is 1.38. The number of nitrogens with zero attached hydrogens (tertiary/aromatic N) is 3. The van der Waals surface area contributed by atoms with Crippen molar-refractivity contribution in [3.8, 4) is 0 Å². The number of carbonyl (C=O) groups is 2. The van der Waals surface area contributed by atoms with Gasteiger partial charge < -0.3 is 10.2 Å². The van der Waals surface area contributed by atoms with Gasteiger partial charge in [-0.15, -0.1) is 10.2 Å². The first-order valence-corrected chi connectivity index (χ1v) is 10.8. The third kappa shape index (κ3) is 4.72. The summed E-state index contributed by atoms with van der Waals surface area (Å²) >= 11 is 6.98. The van der Waals surface area contributed by atoms with Gasteiger partial charge in [0.05, 0.1) is 0 Å². The topological polar surface area (TPSA) is 75.2 Å². The van der Waals surface area contributed by atoms with Crippen molar-refractivity contribution in [3.63, 3.8) is 0 Å². The molecule has 0 bridgehead atoms. The van der Waals surface area contributed by atoms with E-state index in [0.29, 0.717) is 28.7 Å². The van der Waals surface area contributed by atoms with Crippen LogP contribution in [0.4, 0.5) is 14.5 Å². The first-order chi connectivity index (χ1) is 14.9. The molecule has 160 valence electrons. The zero-order valence-corrected chi connectivity index (χ0v) is 17.7. The van der Waals surface area contributed by atoms with E-state index in [1.54, 1.807) is 24.3 Å². The average molecular weight is 463 g/mol. The Morgan fingerprint density at radius 1 is 1.10 bits per heavy atom. The molecule has 1 saturated heterocycles. The maximum atomic E-state index is 14.0. The molecule has 2 amide bonds. The molecular weight excluding hydrogens is 446 g/mol. The van der Waals surface area contributed by atoms with Gasteiger partial charge in [0.1, 0.15) is 22.2 Å². The number of carbonyl (C=O) groups excluding carboxylic acids is 2. The molecule has 0 aliphatic carbocycles. The number of piperidine rings is 1. The fourth-order valence-electron chi connectivity index (χ4n) is 3.43. The summed E-state index contributed by atoms with van der Waals surface area (Å²) in [4.78, 5) is 26.6. The van der Waals surface area contributed by atoms with Crippen molar-refractivity contribution in [3.05, 3.63) is 74.7 Å². The second kappa shape index (κ2) is 9.07. The minimum atomic E-state index is -0.885. The van der Waals surface area contributed by atoms with Gasteiger partial charge in [-0.1, -0.05) is 29.0 Å². The summed E-state index contributed by atoms with van der Waals surface area (Å²) in [5, 5.41) is 12.2. The Balaban J connectivity index is 1.45. The van der Waals surface area contributed by atoms with E-state index in [1.807, 2.05) is 0 Å². The smallest absolute Gasteiger partial charge is 0.286 e. The van der Waals surface area contributed by atoms with Crippen molar-refractivity contribution in [2.75, 3.05) is 18.4 Å². The van der Waals surface area contributed by atoms with Crippen LogP contribution in [0.5, 0.6) is 0 Å². The summed E-state index contributed by atoms with van der Waals surface area (Å²) in [6.45, 7) is 0.645. The van der Waals surface area contributed by atoms with Crippen LogP contribution in [0.1, 0.15) is 43.9 Å². The van der Waals surface area contributed by atoms with Crippen molar-refractivity contribution < 1.29 is 18.4 Å². The van der Waals surface area contributed by atoms with Crippen LogP contribution in [0.25, 0.3) is 0 Å². The molecule has 1 atom stereocenters. The first-order valence-electron chi connectivity index (χ1n) is 9.56. The minimum Gasteiger partial charge on any atom is -0.338 e. The molecule has 1 aromatic heterocycles. The van der Waals surface area contributed by atoms with E-state index in [4.69, 9.17) is 11.6 Å². The van der Waals surface area contributed by atoms with E-state index in [9.17, 15) is 18.4 Å². The number of anilines is 1. The number of aromatic nitrogens is 2. The zero-order chi connectivity index (χ0) is 22.0. The molecule has 0 unspecified atom stereocenters.